The third-order valence-corrected chi connectivity index (χ3v) is 4.25. The van der Waals surface area contributed by atoms with Crippen LogP contribution < -0.4 is 4.74 Å². The molecule has 0 amide bonds. The van der Waals surface area contributed by atoms with Crippen molar-refractivity contribution >= 4 is 0 Å². The first-order valence-corrected chi connectivity index (χ1v) is 6.73. The maximum absolute atomic E-state index is 5.46. The van der Waals surface area contributed by atoms with Crippen molar-refractivity contribution in [3.05, 3.63) is 28.8 Å². The Morgan fingerprint density at radius 1 is 1.18 bits per heavy atom. The van der Waals surface area contributed by atoms with E-state index in [1.54, 1.807) is 12.7 Å². The number of benzene rings is 1. The van der Waals surface area contributed by atoms with Crippen LogP contribution in [0, 0.1) is 12.8 Å². The van der Waals surface area contributed by atoms with E-state index in [4.69, 9.17) is 4.74 Å². The lowest BCUT2D eigenvalue weighted by molar-refractivity contribution is 0.395. The van der Waals surface area contributed by atoms with Gasteiger partial charge in [0.2, 0.25) is 0 Å². The predicted molar refractivity (Wildman–Crippen MR) is 73.0 cm³/mol. The van der Waals surface area contributed by atoms with Crippen LogP contribution in [-0.4, -0.2) is 7.11 Å². The molecule has 0 spiro atoms. The molecule has 1 aliphatic carbocycles. The summed E-state index contributed by atoms with van der Waals surface area (Å²) in [4.78, 5) is 0. The van der Waals surface area contributed by atoms with Crippen LogP contribution in [-0.2, 0) is 0 Å². The molecule has 1 heteroatoms. The van der Waals surface area contributed by atoms with Gasteiger partial charge in [-0.25, -0.2) is 0 Å². The molecule has 1 nitrogen and oxygen atoms in total. The Morgan fingerprint density at radius 3 is 2.47 bits per heavy atom. The van der Waals surface area contributed by atoms with Gasteiger partial charge in [0.05, 0.1) is 7.11 Å². The normalized spacial score (nSPS) is 23.6. The minimum Gasteiger partial charge on any atom is -0.496 e. The van der Waals surface area contributed by atoms with Gasteiger partial charge in [-0.2, -0.15) is 0 Å². The summed E-state index contributed by atoms with van der Waals surface area (Å²) in [5, 5.41) is 0. The first kappa shape index (κ1) is 12.5. The molecule has 2 rings (SSSR count). The highest BCUT2D eigenvalue weighted by atomic mass is 16.5. The molecule has 0 radical (unpaired) electrons. The molecule has 1 aliphatic rings. The Kier molecular flexibility index (Phi) is 3.46. The fourth-order valence-corrected chi connectivity index (χ4v) is 3.13. The lowest BCUT2D eigenvalue weighted by atomic mass is 9.72. The Morgan fingerprint density at radius 2 is 1.88 bits per heavy atom. The number of rotatable bonds is 2. The summed E-state index contributed by atoms with van der Waals surface area (Å²) in [6, 6.07) is 4.62. The molecule has 2 atom stereocenters. The highest BCUT2D eigenvalue weighted by molar-refractivity contribution is 5.46. The van der Waals surface area contributed by atoms with Gasteiger partial charge in [-0.1, -0.05) is 26.8 Å². The van der Waals surface area contributed by atoms with E-state index >= 15 is 0 Å². The van der Waals surface area contributed by atoms with Crippen LogP contribution in [0.5, 0.6) is 5.75 Å². The minimum absolute atomic E-state index is 0.675. The maximum atomic E-state index is 5.46. The van der Waals surface area contributed by atoms with E-state index in [2.05, 4.69) is 39.8 Å². The lowest BCUT2D eigenvalue weighted by Crippen LogP contribution is -2.17. The quantitative estimate of drug-likeness (QED) is 0.721. The molecule has 0 aliphatic heterocycles. The van der Waals surface area contributed by atoms with E-state index in [0.29, 0.717) is 5.92 Å². The van der Waals surface area contributed by atoms with Crippen molar-refractivity contribution in [1.29, 1.82) is 0 Å². The summed E-state index contributed by atoms with van der Waals surface area (Å²) in [6.07, 6.45) is 2.64. The molecule has 0 N–H and O–H groups in total. The summed E-state index contributed by atoms with van der Waals surface area (Å²) in [5.74, 6) is 3.18. The van der Waals surface area contributed by atoms with Crippen LogP contribution in [0.1, 0.15) is 62.1 Å². The van der Waals surface area contributed by atoms with Crippen LogP contribution in [0.3, 0.4) is 0 Å². The van der Waals surface area contributed by atoms with Crippen molar-refractivity contribution in [2.45, 2.75) is 52.4 Å². The Balaban J connectivity index is 2.51. The van der Waals surface area contributed by atoms with Gasteiger partial charge >= 0.3 is 0 Å². The Hall–Kier alpha value is -0.980. The van der Waals surface area contributed by atoms with Gasteiger partial charge in [-0.15, -0.1) is 0 Å². The molecule has 17 heavy (non-hydrogen) atoms. The third kappa shape index (κ3) is 2.20. The van der Waals surface area contributed by atoms with Crippen LogP contribution in [0.2, 0.25) is 0 Å². The molecule has 1 aromatic rings. The van der Waals surface area contributed by atoms with E-state index in [1.807, 2.05) is 0 Å². The SMILES string of the molecule is COc1cc2c(cc1C)[C@H](C(C)C)CC[C@@H]2C. The monoisotopic (exact) mass is 232 g/mol. The molecular formula is C16H24O. The van der Waals surface area contributed by atoms with Crippen molar-refractivity contribution in [3.8, 4) is 5.75 Å². The first-order chi connectivity index (χ1) is 8.04. The second-order valence-electron chi connectivity index (χ2n) is 5.78. The second-order valence-corrected chi connectivity index (χ2v) is 5.78. The number of methoxy groups -OCH3 is 1. The van der Waals surface area contributed by atoms with E-state index in [-0.39, 0.29) is 0 Å². The summed E-state index contributed by atoms with van der Waals surface area (Å²) in [6.45, 7) is 9.16. The zero-order valence-corrected chi connectivity index (χ0v) is 11.7. The average Bonchev–Trinajstić information content (AvgIpc) is 2.28. The summed E-state index contributed by atoms with van der Waals surface area (Å²) >= 11 is 0. The topological polar surface area (TPSA) is 9.23 Å². The number of fused-ring (bicyclic) bond motifs is 1. The fraction of sp³-hybridized carbons (Fsp3) is 0.625. The smallest absolute Gasteiger partial charge is 0.122 e. The molecule has 0 aromatic heterocycles. The van der Waals surface area contributed by atoms with Crippen molar-refractivity contribution in [2.24, 2.45) is 5.92 Å². The van der Waals surface area contributed by atoms with Gasteiger partial charge in [-0.3, -0.25) is 0 Å². The minimum atomic E-state index is 0.675. The van der Waals surface area contributed by atoms with Crippen molar-refractivity contribution in [1.82, 2.24) is 0 Å². The molecule has 0 bridgehead atoms. The van der Waals surface area contributed by atoms with Gasteiger partial charge < -0.3 is 4.74 Å². The molecule has 0 unspecified atom stereocenters. The second kappa shape index (κ2) is 4.72. The Labute approximate surface area is 105 Å². The molecule has 0 fully saturated rings. The molecule has 0 saturated carbocycles. The van der Waals surface area contributed by atoms with E-state index in [0.717, 1.165) is 17.6 Å². The van der Waals surface area contributed by atoms with E-state index in [9.17, 15) is 0 Å². The fourth-order valence-electron chi connectivity index (χ4n) is 3.13. The van der Waals surface area contributed by atoms with Crippen molar-refractivity contribution in [3.63, 3.8) is 0 Å². The van der Waals surface area contributed by atoms with Crippen LogP contribution in [0.4, 0.5) is 0 Å². The zero-order valence-electron chi connectivity index (χ0n) is 11.7. The van der Waals surface area contributed by atoms with E-state index < -0.39 is 0 Å². The van der Waals surface area contributed by atoms with Crippen molar-refractivity contribution in [2.75, 3.05) is 7.11 Å². The zero-order chi connectivity index (χ0) is 12.6. The number of hydrogen-bond acceptors (Lipinski definition) is 1. The molecule has 0 saturated heterocycles. The highest BCUT2D eigenvalue weighted by Gasteiger charge is 2.27. The summed E-state index contributed by atoms with van der Waals surface area (Å²) in [7, 11) is 1.77. The van der Waals surface area contributed by atoms with Gasteiger partial charge in [-0.05, 0) is 60.3 Å². The average molecular weight is 232 g/mol. The van der Waals surface area contributed by atoms with Gasteiger partial charge in [0.15, 0.2) is 0 Å². The lowest BCUT2D eigenvalue weighted by Gasteiger charge is -2.33. The maximum Gasteiger partial charge on any atom is 0.122 e. The van der Waals surface area contributed by atoms with Gasteiger partial charge in [0, 0.05) is 0 Å². The largest absolute Gasteiger partial charge is 0.496 e. The van der Waals surface area contributed by atoms with Crippen LogP contribution >= 0.6 is 0 Å². The Bertz CT molecular complexity index is 406. The summed E-state index contributed by atoms with van der Waals surface area (Å²) < 4.78 is 5.46. The predicted octanol–water partition coefficient (Wildman–Crippen LogP) is 4.64. The van der Waals surface area contributed by atoms with Gasteiger partial charge in [0.25, 0.3) is 0 Å². The van der Waals surface area contributed by atoms with E-state index in [1.165, 1.54) is 24.0 Å². The molecule has 0 heterocycles. The molecular weight excluding hydrogens is 208 g/mol. The standard InChI is InChI=1S/C16H24O/c1-10(2)13-7-6-11(3)14-9-16(17-5)12(4)8-15(13)14/h8-11,13H,6-7H2,1-5H3/t11-,13-/m0/s1. The summed E-state index contributed by atoms with van der Waals surface area (Å²) in [5.41, 5.74) is 4.35. The first-order valence-electron chi connectivity index (χ1n) is 6.73. The number of aryl methyl sites for hydroxylation is 1. The van der Waals surface area contributed by atoms with Gasteiger partial charge in [0.1, 0.15) is 5.75 Å². The van der Waals surface area contributed by atoms with Crippen LogP contribution in [0.25, 0.3) is 0 Å². The van der Waals surface area contributed by atoms with Crippen LogP contribution in [0.15, 0.2) is 12.1 Å². The van der Waals surface area contributed by atoms with Crippen molar-refractivity contribution < 1.29 is 4.74 Å². The molecule has 1 aromatic carbocycles. The third-order valence-electron chi connectivity index (χ3n) is 4.25. The number of ether oxygens (including phenoxy) is 1. The molecule has 94 valence electrons. The highest BCUT2D eigenvalue weighted by Crippen LogP contribution is 2.44. The number of hydrogen-bond donors (Lipinski definition) is 0.